The van der Waals surface area contributed by atoms with Gasteiger partial charge in [-0.25, -0.2) is 0 Å². The molecule has 1 aliphatic heterocycles. The highest BCUT2D eigenvalue weighted by Gasteiger charge is 2.21. The van der Waals surface area contributed by atoms with Crippen LogP contribution in [-0.2, 0) is 4.79 Å². The van der Waals surface area contributed by atoms with E-state index in [-0.39, 0.29) is 29.7 Å². The Balaban J connectivity index is 1.62. The van der Waals surface area contributed by atoms with Gasteiger partial charge < -0.3 is 9.64 Å². The fourth-order valence-electron chi connectivity index (χ4n) is 2.67. The second kappa shape index (κ2) is 7.12. The normalized spacial score (nSPS) is 13.8. The van der Waals surface area contributed by atoms with Crippen LogP contribution in [0.4, 0.5) is 11.4 Å². The number of nitro benzene ring substituents is 1. The van der Waals surface area contributed by atoms with E-state index in [9.17, 15) is 19.7 Å². The standard InChI is InChI=1S/C18H16N2O5/c21-17(12-25-16-4-1-3-15(11-16)20(23)24)13-6-8-14(9-7-13)19-10-2-5-18(19)22/h1,3-4,6-9,11H,2,5,10,12H2. The third-order valence-electron chi connectivity index (χ3n) is 3.97. The molecule has 0 aliphatic carbocycles. The number of carbonyl (C=O) groups is 2. The zero-order valence-electron chi connectivity index (χ0n) is 13.4. The van der Waals surface area contributed by atoms with E-state index in [4.69, 9.17) is 4.74 Å². The maximum Gasteiger partial charge on any atom is 0.273 e. The molecular weight excluding hydrogens is 324 g/mol. The first-order valence-electron chi connectivity index (χ1n) is 7.85. The molecule has 1 fully saturated rings. The van der Waals surface area contributed by atoms with Gasteiger partial charge in [0.15, 0.2) is 12.4 Å². The van der Waals surface area contributed by atoms with Crippen molar-refractivity contribution in [2.24, 2.45) is 0 Å². The third-order valence-corrected chi connectivity index (χ3v) is 3.97. The molecule has 0 aromatic heterocycles. The van der Waals surface area contributed by atoms with Gasteiger partial charge in [0.2, 0.25) is 5.91 Å². The minimum atomic E-state index is -0.521. The van der Waals surface area contributed by atoms with Crippen LogP contribution in [0, 0.1) is 10.1 Å². The van der Waals surface area contributed by atoms with E-state index >= 15 is 0 Å². The van der Waals surface area contributed by atoms with Crippen LogP contribution in [0.3, 0.4) is 0 Å². The van der Waals surface area contributed by atoms with Gasteiger partial charge in [-0.05, 0) is 36.8 Å². The van der Waals surface area contributed by atoms with Crippen LogP contribution in [-0.4, -0.2) is 29.8 Å². The molecule has 0 unspecified atom stereocenters. The number of hydrogen-bond donors (Lipinski definition) is 0. The Hall–Kier alpha value is -3.22. The molecule has 1 heterocycles. The lowest BCUT2D eigenvalue weighted by Crippen LogP contribution is -2.23. The van der Waals surface area contributed by atoms with Crippen molar-refractivity contribution >= 4 is 23.1 Å². The molecule has 3 rings (SSSR count). The maximum absolute atomic E-state index is 12.2. The summed E-state index contributed by atoms with van der Waals surface area (Å²) in [7, 11) is 0. The Labute approximate surface area is 144 Å². The molecule has 128 valence electrons. The van der Waals surface area contributed by atoms with Gasteiger partial charge in [0.1, 0.15) is 5.75 Å². The number of anilines is 1. The summed E-state index contributed by atoms with van der Waals surface area (Å²) >= 11 is 0. The summed E-state index contributed by atoms with van der Waals surface area (Å²) < 4.78 is 5.34. The molecule has 2 aromatic rings. The van der Waals surface area contributed by atoms with E-state index in [1.807, 2.05) is 0 Å². The first-order valence-corrected chi connectivity index (χ1v) is 7.85. The maximum atomic E-state index is 12.2. The van der Waals surface area contributed by atoms with Crippen molar-refractivity contribution in [3.63, 3.8) is 0 Å². The number of nitro groups is 1. The highest BCUT2D eigenvalue weighted by atomic mass is 16.6. The number of rotatable bonds is 6. The van der Waals surface area contributed by atoms with E-state index in [0.29, 0.717) is 18.5 Å². The van der Waals surface area contributed by atoms with Crippen LogP contribution >= 0.6 is 0 Å². The lowest BCUT2D eigenvalue weighted by Gasteiger charge is -2.15. The van der Waals surface area contributed by atoms with Gasteiger partial charge in [0, 0.05) is 30.3 Å². The molecule has 0 saturated carbocycles. The van der Waals surface area contributed by atoms with Crippen LogP contribution in [0.25, 0.3) is 0 Å². The lowest BCUT2D eigenvalue weighted by atomic mass is 10.1. The number of nitrogens with zero attached hydrogens (tertiary/aromatic N) is 2. The average Bonchev–Trinajstić information content (AvgIpc) is 3.06. The van der Waals surface area contributed by atoms with Crippen LogP contribution in [0.5, 0.6) is 5.75 Å². The summed E-state index contributed by atoms with van der Waals surface area (Å²) in [5, 5.41) is 10.7. The van der Waals surface area contributed by atoms with E-state index in [0.717, 1.165) is 12.1 Å². The van der Waals surface area contributed by atoms with Gasteiger partial charge in [-0.3, -0.25) is 19.7 Å². The fraction of sp³-hybridized carbons (Fsp3) is 0.222. The number of Topliss-reactive ketones (excluding diaryl/α,β-unsaturated/α-hetero) is 1. The molecule has 0 radical (unpaired) electrons. The summed E-state index contributed by atoms with van der Waals surface area (Å²) in [5.41, 5.74) is 1.14. The molecule has 7 nitrogen and oxygen atoms in total. The Morgan fingerprint density at radius 1 is 1.20 bits per heavy atom. The van der Waals surface area contributed by atoms with E-state index in [1.165, 1.54) is 18.2 Å². The SMILES string of the molecule is O=C(COc1cccc([N+](=O)[O-])c1)c1ccc(N2CCCC2=O)cc1. The Bertz CT molecular complexity index is 816. The number of ether oxygens (including phenoxy) is 1. The second-order valence-electron chi connectivity index (χ2n) is 5.66. The van der Waals surface area contributed by atoms with Crippen LogP contribution in [0.2, 0.25) is 0 Å². The molecule has 2 aromatic carbocycles. The number of carbonyl (C=O) groups excluding carboxylic acids is 2. The smallest absolute Gasteiger partial charge is 0.273 e. The molecule has 0 bridgehead atoms. The first kappa shape index (κ1) is 16.6. The predicted octanol–water partition coefficient (Wildman–Crippen LogP) is 2.98. The van der Waals surface area contributed by atoms with Crippen molar-refractivity contribution in [2.75, 3.05) is 18.1 Å². The van der Waals surface area contributed by atoms with Crippen molar-refractivity contribution in [1.29, 1.82) is 0 Å². The highest BCUT2D eigenvalue weighted by Crippen LogP contribution is 2.22. The quantitative estimate of drug-likeness (QED) is 0.458. The molecular formula is C18H16N2O5. The lowest BCUT2D eigenvalue weighted by molar-refractivity contribution is -0.384. The Kier molecular flexibility index (Phi) is 4.74. The van der Waals surface area contributed by atoms with Gasteiger partial charge in [-0.1, -0.05) is 6.07 Å². The monoisotopic (exact) mass is 340 g/mol. The zero-order chi connectivity index (χ0) is 17.8. The minimum Gasteiger partial charge on any atom is -0.485 e. The van der Waals surface area contributed by atoms with Gasteiger partial charge >= 0.3 is 0 Å². The van der Waals surface area contributed by atoms with Crippen LogP contribution in [0.1, 0.15) is 23.2 Å². The number of hydrogen-bond acceptors (Lipinski definition) is 5. The molecule has 25 heavy (non-hydrogen) atoms. The second-order valence-corrected chi connectivity index (χ2v) is 5.66. The molecule has 0 N–H and O–H groups in total. The largest absolute Gasteiger partial charge is 0.485 e. The summed E-state index contributed by atoms with van der Waals surface area (Å²) in [6, 6.07) is 12.5. The van der Waals surface area contributed by atoms with Gasteiger partial charge in [0.05, 0.1) is 11.0 Å². The third kappa shape index (κ3) is 3.82. The number of amides is 1. The Morgan fingerprint density at radius 3 is 2.60 bits per heavy atom. The average molecular weight is 340 g/mol. The molecule has 0 spiro atoms. The summed E-state index contributed by atoms with van der Waals surface area (Å²) in [6.45, 7) is 0.477. The molecule has 7 heteroatoms. The van der Waals surface area contributed by atoms with Gasteiger partial charge in [0.25, 0.3) is 5.69 Å². The number of non-ortho nitro benzene ring substituents is 1. The number of benzene rings is 2. The minimum absolute atomic E-state index is 0.0908. The van der Waals surface area contributed by atoms with Crippen molar-refractivity contribution in [3.05, 3.63) is 64.2 Å². The van der Waals surface area contributed by atoms with Crippen molar-refractivity contribution in [3.8, 4) is 5.75 Å². The fourth-order valence-corrected chi connectivity index (χ4v) is 2.67. The molecule has 0 atom stereocenters. The van der Waals surface area contributed by atoms with Crippen molar-refractivity contribution < 1.29 is 19.2 Å². The van der Waals surface area contributed by atoms with Crippen molar-refractivity contribution in [2.45, 2.75) is 12.8 Å². The number of ketones is 1. The van der Waals surface area contributed by atoms with Gasteiger partial charge in [-0.15, -0.1) is 0 Å². The molecule has 1 amide bonds. The van der Waals surface area contributed by atoms with Crippen LogP contribution in [0.15, 0.2) is 48.5 Å². The molecule has 1 saturated heterocycles. The Morgan fingerprint density at radius 2 is 1.96 bits per heavy atom. The topological polar surface area (TPSA) is 89.8 Å². The summed E-state index contributed by atoms with van der Waals surface area (Å²) in [4.78, 5) is 35.8. The highest BCUT2D eigenvalue weighted by molar-refractivity contribution is 5.99. The van der Waals surface area contributed by atoms with Gasteiger partial charge in [-0.2, -0.15) is 0 Å². The van der Waals surface area contributed by atoms with E-state index < -0.39 is 4.92 Å². The molecule has 1 aliphatic rings. The van der Waals surface area contributed by atoms with E-state index in [2.05, 4.69) is 0 Å². The van der Waals surface area contributed by atoms with Crippen molar-refractivity contribution in [1.82, 2.24) is 0 Å². The van der Waals surface area contributed by atoms with Crippen LogP contribution < -0.4 is 9.64 Å². The summed E-state index contributed by atoms with van der Waals surface area (Å²) in [5.74, 6) is 0.112. The zero-order valence-corrected chi connectivity index (χ0v) is 13.4. The van der Waals surface area contributed by atoms with E-state index in [1.54, 1.807) is 35.2 Å². The summed E-state index contributed by atoms with van der Waals surface area (Å²) in [6.07, 6.45) is 1.40. The predicted molar refractivity (Wildman–Crippen MR) is 91.0 cm³/mol. The first-order chi connectivity index (χ1) is 12.0.